The minimum atomic E-state index is -1.05. The minimum absolute atomic E-state index is 0.0619. The van der Waals surface area contributed by atoms with Crippen molar-refractivity contribution in [1.82, 2.24) is 0 Å². The summed E-state index contributed by atoms with van der Waals surface area (Å²) in [5.74, 6) is -1.95. The fraction of sp³-hybridized carbons (Fsp3) is 0.462. The van der Waals surface area contributed by atoms with Crippen molar-refractivity contribution in [3.63, 3.8) is 0 Å². The Kier molecular flexibility index (Phi) is 9.03. The molecular formula is C26H31F3O3. The molecule has 1 fully saturated rings. The molecule has 0 aromatic heterocycles. The Balaban J connectivity index is 1.47. The molecule has 0 saturated carbocycles. The molecule has 0 amide bonds. The van der Waals surface area contributed by atoms with Gasteiger partial charge in [-0.2, -0.15) is 8.78 Å². The van der Waals surface area contributed by atoms with Gasteiger partial charge in [0.2, 0.25) is 11.6 Å². The molecule has 2 aromatic rings. The van der Waals surface area contributed by atoms with Gasteiger partial charge < -0.3 is 14.2 Å². The van der Waals surface area contributed by atoms with E-state index in [0.717, 1.165) is 49.8 Å². The average Bonchev–Trinajstić information content (AvgIpc) is 2.80. The second kappa shape index (κ2) is 12.0. The molecule has 0 aliphatic carbocycles. The van der Waals surface area contributed by atoms with Gasteiger partial charge in [0.25, 0.3) is 0 Å². The van der Waals surface area contributed by atoms with Crippen LogP contribution in [-0.2, 0) is 11.3 Å². The van der Waals surface area contributed by atoms with Gasteiger partial charge in [0.15, 0.2) is 11.5 Å². The van der Waals surface area contributed by atoms with Gasteiger partial charge in [-0.15, -0.1) is 0 Å². The van der Waals surface area contributed by atoms with Gasteiger partial charge >= 0.3 is 0 Å². The number of benzene rings is 2. The number of unbranched alkanes of at least 4 members (excludes halogenated alkanes) is 1. The van der Waals surface area contributed by atoms with E-state index in [9.17, 15) is 13.2 Å². The van der Waals surface area contributed by atoms with E-state index in [-0.39, 0.29) is 36.6 Å². The molecule has 2 atom stereocenters. The summed E-state index contributed by atoms with van der Waals surface area (Å²) in [6, 6.07) is 10.6. The molecule has 1 aliphatic rings. The van der Waals surface area contributed by atoms with E-state index in [1.54, 1.807) is 13.0 Å². The van der Waals surface area contributed by atoms with Crippen LogP contribution in [0.3, 0.4) is 0 Å². The third-order valence-electron chi connectivity index (χ3n) is 5.67. The zero-order chi connectivity index (χ0) is 22.9. The quantitative estimate of drug-likeness (QED) is 0.353. The predicted molar refractivity (Wildman–Crippen MR) is 118 cm³/mol. The van der Waals surface area contributed by atoms with Gasteiger partial charge in [-0.1, -0.05) is 30.3 Å². The Labute approximate surface area is 188 Å². The monoisotopic (exact) mass is 448 g/mol. The third-order valence-corrected chi connectivity index (χ3v) is 5.67. The Morgan fingerprint density at radius 2 is 1.72 bits per heavy atom. The maximum absolute atomic E-state index is 14.1. The highest BCUT2D eigenvalue weighted by molar-refractivity contribution is 5.35. The topological polar surface area (TPSA) is 27.7 Å². The molecule has 1 saturated heterocycles. The molecule has 1 heterocycles. The van der Waals surface area contributed by atoms with Crippen molar-refractivity contribution >= 4 is 0 Å². The molecule has 0 N–H and O–H groups in total. The van der Waals surface area contributed by atoms with E-state index in [2.05, 4.69) is 0 Å². The summed E-state index contributed by atoms with van der Waals surface area (Å²) in [5.41, 5.74) is 1.95. The average molecular weight is 449 g/mol. The Morgan fingerprint density at radius 1 is 1.03 bits per heavy atom. The zero-order valence-electron chi connectivity index (χ0n) is 18.7. The summed E-state index contributed by atoms with van der Waals surface area (Å²) >= 11 is 0. The highest BCUT2D eigenvalue weighted by atomic mass is 19.2. The number of hydrogen-bond donors (Lipinski definition) is 0. The number of ether oxygens (including phenoxy) is 3. The highest BCUT2D eigenvalue weighted by Crippen LogP contribution is 2.33. The lowest BCUT2D eigenvalue weighted by atomic mass is 9.91. The molecule has 3 rings (SSSR count). The SMILES string of the molecule is CCOc1ccc(OCc2ccc(C3CCC(CCCC=C(C)F)CO3)cc2)c(F)c1F. The molecule has 32 heavy (non-hydrogen) atoms. The van der Waals surface area contributed by atoms with Crippen LogP contribution in [0, 0.1) is 17.6 Å². The molecule has 2 aromatic carbocycles. The minimum Gasteiger partial charge on any atom is -0.491 e. The molecule has 3 nitrogen and oxygen atoms in total. The van der Waals surface area contributed by atoms with Crippen LogP contribution in [0.4, 0.5) is 13.2 Å². The molecule has 0 radical (unpaired) electrons. The first kappa shape index (κ1) is 24.2. The fourth-order valence-corrected chi connectivity index (χ4v) is 3.89. The van der Waals surface area contributed by atoms with Crippen molar-refractivity contribution in [3.05, 3.63) is 71.1 Å². The molecule has 0 bridgehead atoms. The first-order chi connectivity index (χ1) is 15.5. The maximum Gasteiger partial charge on any atom is 0.204 e. The van der Waals surface area contributed by atoms with E-state index in [0.29, 0.717) is 5.92 Å². The van der Waals surface area contributed by atoms with Gasteiger partial charge in [0.05, 0.1) is 25.1 Å². The second-order valence-electron chi connectivity index (χ2n) is 8.14. The highest BCUT2D eigenvalue weighted by Gasteiger charge is 2.22. The van der Waals surface area contributed by atoms with Crippen LogP contribution >= 0.6 is 0 Å². The van der Waals surface area contributed by atoms with Crippen LogP contribution in [0.25, 0.3) is 0 Å². The number of allylic oxidation sites excluding steroid dienone is 2. The normalized spacial score (nSPS) is 19.1. The lowest BCUT2D eigenvalue weighted by Crippen LogP contribution is -2.20. The summed E-state index contributed by atoms with van der Waals surface area (Å²) < 4.78 is 57.4. The van der Waals surface area contributed by atoms with Crippen molar-refractivity contribution in [3.8, 4) is 11.5 Å². The number of rotatable bonds is 10. The van der Waals surface area contributed by atoms with Crippen LogP contribution in [0.15, 0.2) is 48.3 Å². The summed E-state index contributed by atoms with van der Waals surface area (Å²) in [6.07, 6.45) is 6.55. The first-order valence-electron chi connectivity index (χ1n) is 11.2. The Bertz CT molecular complexity index is 884. The second-order valence-corrected chi connectivity index (χ2v) is 8.14. The largest absolute Gasteiger partial charge is 0.491 e. The van der Waals surface area contributed by atoms with Crippen molar-refractivity contribution in [1.29, 1.82) is 0 Å². The standard InChI is InChI=1S/C26H31F3O3/c1-3-30-23-14-15-24(26(29)25(23)28)32-17-20-8-11-21(12-9-20)22-13-10-19(16-31-22)7-5-4-6-18(2)27/h6,8-9,11-12,14-15,19,22H,3-5,7,10,13,16-17H2,1-2H3. The fourth-order valence-electron chi connectivity index (χ4n) is 3.89. The summed E-state index contributed by atoms with van der Waals surface area (Å²) in [5, 5.41) is 0. The summed E-state index contributed by atoms with van der Waals surface area (Å²) in [6.45, 7) is 4.29. The van der Waals surface area contributed by atoms with Gasteiger partial charge in [-0.25, -0.2) is 4.39 Å². The van der Waals surface area contributed by atoms with E-state index >= 15 is 0 Å². The van der Waals surface area contributed by atoms with Crippen molar-refractivity contribution in [2.45, 2.75) is 58.7 Å². The van der Waals surface area contributed by atoms with Gasteiger partial charge in [-0.3, -0.25) is 0 Å². The molecule has 174 valence electrons. The Morgan fingerprint density at radius 3 is 2.31 bits per heavy atom. The third kappa shape index (κ3) is 6.76. The Hall–Kier alpha value is -2.47. The van der Waals surface area contributed by atoms with Crippen LogP contribution in [0.5, 0.6) is 11.5 Å². The van der Waals surface area contributed by atoms with Crippen LogP contribution in [0.2, 0.25) is 0 Å². The van der Waals surface area contributed by atoms with Crippen molar-refractivity contribution in [2.75, 3.05) is 13.2 Å². The van der Waals surface area contributed by atoms with Crippen molar-refractivity contribution < 1.29 is 27.4 Å². The molecule has 6 heteroatoms. The lowest BCUT2D eigenvalue weighted by molar-refractivity contribution is -0.0197. The van der Waals surface area contributed by atoms with Gasteiger partial charge in [-0.05, 0) is 75.1 Å². The molecule has 1 aliphatic heterocycles. The zero-order valence-corrected chi connectivity index (χ0v) is 18.7. The number of halogens is 3. The van der Waals surface area contributed by atoms with Gasteiger partial charge in [0, 0.05) is 0 Å². The summed E-state index contributed by atoms with van der Waals surface area (Å²) in [4.78, 5) is 0. The summed E-state index contributed by atoms with van der Waals surface area (Å²) in [7, 11) is 0. The van der Waals surface area contributed by atoms with Crippen LogP contribution in [-0.4, -0.2) is 13.2 Å². The maximum atomic E-state index is 14.1. The lowest BCUT2D eigenvalue weighted by Gasteiger charge is -2.29. The van der Waals surface area contributed by atoms with Crippen molar-refractivity contribution in [2.24, 2.45) is 5.92 Å². The van der Waals surface area contributed by atoms with E-state index in [4.69, 9.17) is 14.2 Å². The van der Waals surface area contributed by atoms with Gasteiger partial charge in [0.1, 0.15) is 6.61 Å². The molecular weight excluding hydrogens is 417 g/mol. The predicted octanol–water partition coefficient (Wildman–Crippen LogP) is 7.45. The van der Waals surface area contributed by atoms with E-state index in [1.165, 1.54) is 19.1 Å². The van der Waals surface area contributed by atoms with Crippen LogP contribution in [0.1, 0.15) is 63.2 Å². The smallest absolute Gasteiger partial charge is 0.204 e. The first-order valence-corrected chi connectivity index (χ1v) is 11.2. The molecule has 0 spiro atoms. The molecule has 2 unspecified atom stereocenters. The van der Waals surface area contributed by atoms with E-state index in [1.807, 2.05) is 24.3 Å². The number of hydrogen-bond acceptors (Lipinski definition) is 3. The van der Waals surface area contributed by atoms with E-state index < -0.39 is 11.6 Å². The van der Waals surface area contributed by atoms with Crippen LogP contribution < -0.4 is 9.47 Å².